The van der Waals surface area contributed by atoms with Gasteiger partial charge in [0.25, 0.3) is 0 Å². The molecule has 2 heterocycles. The molecular formula is C31H36N6O7. The van der Waals surface area contributed by atoms with Gasteiger partial charge in [-0.05, 0) is 29.2 Å². The molecule has 4 aromatic rings. The topological polar surface area (TPSA) is 219 Å². The molecule has 2 aromatic carbocycles. The fraction of sp³-hybridized carbons (Fsp3) is 0.323. The van der Waals surface area contributed by atoms with Crippen LogP contribution in [0.1, 0.15) is 31.4 Å². The lowest BCUT2D eigenvalue weighted by Crippen LogP contribution is -2.58. The number of H-pyrrole nitrogens is 2. The molecule has 0 saturated heterocycles. The Bertz CT molecular complexity index is 1680. The van der Waals surface area contributed by atoms with Gasteiger partial charge >= 0.3 is 11.9 Å². The normalized spacial score (nSPS) is 14.1. The number of carboxylic acid groups (broad SMARTS) is 2. The zero-order chi connectivity index (χ0) is 32.0. The van der Waals surface area contributed by atoms with Crippen LogP contribution in [0.2, 0.25) is 0 Å². The van der Waals surface area contributed by atoms with Crippen LogP contribution in [0, 0.1) is 5.92 Å². The maximum atomic E-state index is 13.8. The number of benzene rings is 2. The molecule has 0 aliphatic heterocycles. The predicted octanol–water partition coefficient (Wildman–Crippen LogP) is 1.43. The number of aromatic nitrogens is 2. The molecule has 4 atom stereocenters. The lowest BCUT2D eigenvalue weighted by Gasteiger charge is -2.26. The van der Waals surface area contributed by atoms with Crippen molar-refractivity contribution in [2.75, 3.05) is 0 Å². The molecule has 4 rings (SSSR count). The number of carbonyl (C=O) groups is 5. The Morgan fingerprint density at radius 2 is 1.18 bits per heavy atom. The third kappa shape index (κ3) is 7.61. The minimum absolute atomic E-state index is 0.00739. The summed E-state index contributed by atoms with van der Waals surface area (Å²) in [7, 11) is 0. The molecule has 0 bridgehead atoms. The van der Waals surface area contributed by atoms with Crippen LogP contribution in [0.4, 0.5) is 0 Å². The van der Waals surface area contributed by atoms with Crippen molar-refractivity contribution in [2.24, 2.45) is 11.7 Å². The number of aliphatic carboxylic acids is 2. The number of rotatable bonds is 14. The van der Waals surface area contributed by atoms with E-state index in [0.29, 0.717) is 11.1 Å². The molecule has 232 valence electrons. The van der Waals surface area contributed by atoms with Crippen molar-refractivity contribution in [2.45, 2.75) is 57.3 Å². The Labute approximate surface area is 252 Å². The number of para-hydroxylation sites is 2. The van der Waals surface area contributed by atoms with Crippen LogP contribution >= 0.6 is 0 Å². The summed E-state index contributed by atoms with van der Waals surface area (Å²) < 4.78 is 0. The van der Waals surface area contributed by atoms with Gasteiger partial charge in [-0.1, -0.05) is 50.2 Å². The Morgan fingerprint density at radius 1 is 0.727 bits per heavy atom. The van der Waals surface area contributed by atoms with Crippen molar-refractivity contribution in [3.63, 3.8) is 0 Å². The lowest BCUT2D eigenvalue weighted by atomic mass is 10.00. The van der Waals surface area contributed by atoms with Crippen molar-refractivity contribution in [3.05, 3.63) is 72.1 Å². The number of aromatic amines is 2. The van der Waals surface area contributed by atoms with Crippen LogP contribution in [-0.2, 0) is 36.8 Å². The molecular weight excluding hydrogens is 568 g/mol. The van der Waals surface area contributed by atoms with Gasteiger partial charge in [0, 0.05) is 47.0 Å². The minimum atomic E-state index is -1.42. The van der Waals surface area contributed by atoms with Crippen molar-refractivity contribution in [1.82, 2.24) is 25.9 Å². The average Bonchev–Trinajstić information content (AvgIpc) is 3.58. The first kappa shape index (κ1) is 31.8. The summed E-state index contributed by atoms with van der Waals surface area (Å²) in [6.07, 6.45) is 2.77. The highest BCUT2D eigenvalue weighted by Crippen LogP contribution is 2.21. The number of hydrogen-bond acceptors (Lipinski definition) is 6. The van der Waals surface area contributed by atoms with Gasteiger partial charge < -0.3 is 41.9 Å². The molecule has 13 nitrogen and oxygen atoms in total. The summed E-state index contributed by atoms with van der Waals surface area (Å²) in [4.78, 5) is 69.5. The molecule has 2 aromatic heterocycles. The SMILES string of the molecule is CC(C)[C@H](NC(=O)[C@H](Cc1c[nH]c2ccccc12)NC(=O)[C@H](Cc1c[nH]c2ccccc12)NC(=O)[C@@H](N)CC(=O)O)C(=O)O. The molecule has 0 unspecified atom stereocenters. The number of amides is 3. The van der Waals surface area contributed by atoms with Crippen LogP contribution in [0.5, 0.6) is 0 Å². The zero-order valence-corrected chi connectivity index (χ0v) is 24.3. The highest BCUT2D eigenvalue weighted by Gasteiger charge is 2.32. The van der Waals surface area contributed by atoms with E-state index in [9.17, 15) is 29.1 Å². The summed E-state index contributed by atoms with van der Waals surface area (Å²) in [6.45, 7) is 3.30. The number of nitrogens with two attached hydrogens (primary N) is 1. The number of hydrogen-bond donors (Lipinski definition) is 8. The maximum absolute atomic E-state index is 13.8. The van der Waals surface area contributed by atoms with Crippen molar-refractivity contribution in [3.8, 4) is 0 Å². The van der Waals surface area contributed by atoms with Crippen molar-refractivity contribution in [1.29, 1.82) is 0 Å². The Balaban J connectivity index is 1.65. The predicted molar refractivity (Wildman–Crippen MR) is 162 cm³/mol. The van der Waals surface area contributed by atoms with Crippen molar-refractivity contribution >= 4 is 51.5 Å². The smallest absolute Gasteiger partial charge is 0.326 e. The van der Waals surface area contributed by atoms with Gasteiger partial charge in [0.1, 0.15) is 18.1 Å². The second-order valence-electron chi connectivity index (χ2n) is 11.0. The molecule has 0 saturated carbocycles. The summed E-state index contributed by atoms with van der Waals surface area (Å²) in [5.74, 6) is -5.24. The maximum Gasteiger partial charge on any atom is 0.326 e. The summed E-state index contributed by atoms with van der Waals surface area (Å²) in [5, 5.41) is 28.2. The first-order valence-corrected chi connectivity index (χ1v) is 14.2. The number of carboxylic acids is 2. The summed E-state index contributed by atoms with van der Waals surface area (Å²) in [5.41, 5.74) is 8.80. The second-order valence-corrected chi connectivity index (χ2v) is 11.0. The minimum Gasteiger partial charge on any atom is -0.481 e. The van der Waals surface area contributed by atoms with Gasteiger partial charge in [0.2, 0.25) is 17.7 Å². The van der Waals surface area contributed by atoms with Crippen LogP contribution in [-0.4, -0.2) is 74.0 Å². The van der Waals surface area contributed by atoms with Crippen LogP contribution in [0.15, 0.2) is 60.9 Å². The van der Waals surface area contributed by atoms with E-state index in [4.69, 9.17) is 10.8 Å². The number of nitrogens with one attached hydrogen (secondary N) is 5. The average molecular weight is 605 g/mol. The van der Waals surface area contributed by atoms with Crippen LogP contribution < -0.4 is 21.7 Å². The standard InChI is InChI=1S/C31H36N6O7/c1-16(2)27(31(43)44)37-30(42)25(12-18-15-34-23-10-6-4-8-20(18)23)36-29(41)24(35-28(40)21(32)13-26(38)39)11-17-14-33-22-9-5-3-7-19(17)22/h3-10,14-16,21,24-25,27,33-34H,11-13,32H2,1-2H3,(H,35,40)(H,36,41)(H,37,42)(H,38,39)(H,43,44)/t21-,24-,25-,27-/m0/s1. The number of fused-ring (bicyclic) bond motifs is 2. The molecule has 44 heavy (non-hydrogen) atoms. The molecule has 0 fully saturated rings. The van der Waals surface area contributed by atoms with Gasteiger partial charge in [-0.25, -0.2) is 4.79 Å². The monoisotopic (exact) mass is 604 g/mol. The quantitative estimate of drug-likeness (QED) is 0.105. The van der Waals surface area contributed by atoms with E-state index in [0.717, 1.165) is 21.8 Å². The summed E-state index contributed by atoms with van der Waals surface area (Å²) in [6, 6.07) is 9.66. The molecule has 3 amide bonds. The molecule has 0 spiro atoms. The third-order valence-corrected chi connectivity index (χ3v) is 7.43. The van der Waals surface area contributed by atoms with Gasteiger partial charge in [-0.15, -0.1) is 0 Å². The van der Waals surface area contributed by atoms with Gasteiger partial charge in [-0.3, -0.25) is 19.2 Å². The molecule has 13 heteroatoms. The van der Waals surface area contributed by atoms with Gasteiger partial charge in [0.15, 0.2) is 0 Å². The Morgan fingerprint density at radius 3 is 1.64 bits per heavy atom. The Hall–Kier alpha value is -5.17. The van der Waals surface area contributed by atoms with Gasteiger partial charge in [-0.2, -0.15) is 0 Å². The summed E-state index contributed by atoms with van der Waals surface area (Å²) >= 11 is 0. The molecule has 9 N–H and O–H groups in total. The molecule has 0 aliphatic rings. The highest BCUT2D eigenvalue weighted by atomic mass is 16.4. The number of carbonyl (C=O) groups excluding carboxylic acids is 3. The largest absolute Gasteiger partial charge is 0.481 e. The Kier molecular flexibility index (Phi) is 10.0. The fourth-order valence-electron chi connectivity index (χ4n) is 5.06. The zero-order valence-electron chi connectivity index (χ0n) is 24.3. The van der Waals surface area contributed by atoms with Crippen molar-refractivity contribution < 1.29 is 34.2 Å². The van der Waals surface area contributed by atoms with Crippen LogP contribution in [0.25, 0.3) is 21.8 Å². The van der Waals surface area contributed by atoms with E-state index in [2.05, 4.69) is 25.9 Å². The fourth-order valence-corrected chi connectivity index (χ4v) is 5.06. The van der Waals surface area contributed by atoms with Crippen LogP contribution in [0.3, 0.4) is 0 Å². The first-order valence-electron chi connectivity index (χ1n) is 14.2. The lowest BCUT2D eigenvalue weighted by molar-refractivity contribution is -0.143. The van der Waals surface area contributed by atoms with E-state index in [1.165, 1.54) is 0 Å². The van der Waals surface area contributed by atoms with E-state index >= 15 is 0 Å². The second kappa shape index (κ2) is 13.9. The highest BCUT2D eigenvalue weighted by molar-refractivity contribution is 5.96. The van der Waals surface area contributed by atoms with E-state index in [1.807, 2.05) is 48.5 Å². The molecule has 0 radical (unpaired) electrons. The van der Waals surface area contributed by atoms with E-state index < -0.39 is 66.2 Å². The first-order chi connectivity index (χ1) is 20.9. The van der Waals surface area contributed by atoms with E-state index in [1.54, 1.807) is 26.2 Å². The van der Waals surface area contributed by atoms with E-state index in [-0.39, 0.29) is 12.8 Å². The third-order valence-electron chi connectivity index (χ3n) is 7.43. The molecule has 0 aliphatic carbocycles. The van der Waals surface area contributed by atoms with Gasteiger partial charge in [0.05, 0.1) is 12.5 Å².